The van der Waals surface area contributed by atoms with Crippen LogP contribution in [0.2, 0.25) is 0 Å². The number of nitrogens with one attached hydrogen (secondary N) is 2. The molecule has 14 heavy (non-hydrogen) atoms. The Morgan fingerprint density at radius 1 is 1.29 bits per heavy atom. The predicted octanol–water partition coefficient (Wildman–Crippen LogP) is 1.81. The maximum Gasteiger partial charge on any atom is 0.238 e. The average molecular weight is 192 g/mol. The van der Waals surface area contributed by atoms with Crippen LogP contribution in [0.1, 0.15) is 26.7 Å². The van der Waals surface area contributed by atoms with Crippen LogP contribution < -0.4 is 10.9 Å². The Bertz CT molecular complexity index is 286. The number of carbonyl (C=O) groups excluding carboxylic acids is 1. The van der Waals surface area contributed by atoms with E-state index in [1.165, 1.54) is 0 Å². The van der Waals surface area contributed by atoms with E-state index in [4.69, 9.17) is 0 Å². The minimum Gasteiger partial charge on any atom is -0.302 e. The van der Waals surface area contributed by atoms with Crippen molar-refractivity contribution in [3.63, 3.8) is 0 Å². The first-order chi connectivity index (χ1) is 6.74. The third-order valence-electron chi connectivity index (χ3n) is 1.96. The smallest absolute Gasteiger partial charge is 0.238 e. The van der Waals surface area contributed by atoms with Crippen molar-refractivity contribution in [3.8, 4) is 0 Å². The molecule has 0 aromatic rings. The van der Waals surface area contributed by atoms with Crippen molar-refractivity contribution in [1.82, 2.24) is 10.9 Å². The van der Waals surface area contributed by atoms with Crippen LogP contribution in [0.3, 0.4) is 0 Å². The molecule has 0 aromatic carbocycles. The molecule has 3 heteroatoms. The molecule has 1 aliphatic carbocycles. The second-order valence-electron chi connectivity index (χ2n) is 3.22. The van der Waals surface area contributed by atoms with Crippen molar-refractivity contribution >= 4 is 5.91 Å². The fourth-order valence-corrected chi connectivity index (χ4v) is 1.15. The maximum absolute atomic E-state index is 11.1. The molecule has 1 amide bonds. The van der Waals surface area contributed by atoms with Gasteiger partial charge in [0.15, 0.2) is 0 Å². The number of hydrazine groups is 1. The van der Waals surface area contributed by atoms with Crippen molar-refractivity contribution in [3.05, 3.63) is 35.6 Å². The first-order valence-corrected chi connectivity index (χ1v) is 4.84. The van der Waals surface area contributed by atoms with Gasteiger partial charge in [0, 0.05) is 12.1 Å². The topological polar surface area (TPSA) is 41.1 Å². The monoisotopic (exact) mass is 192 g/mol. The highest BCUT2D eigenvalue weighted by Gasteiger charge is 2.00. The van der Waals surface area contributed by atoms with Gasteiger partial charge in [-0.3, -0.25) is 10.2 Å². The van der Waals surface area contributed by atoms with E-state index in [2.05, 4.69) is 10.9 Å². The number of hydrogen-bond acceptors (Lipinski definition) is 2. The molecule has 1 rings (SSSR count). The Labute approximate surface area is 84.5 Å². The third kappa shape index (κ3) is 3.09. The lowest BCUT2D eigenvalue weighted by Gasteiger charge is -2.09. The van der Waals surface area contributed by atoms with Crippen LogP contribution >= 0.6 is 0 Å². The van der Waals surface area contributed by atoms with Crippen LogP contribution in [0.25, 0.3) is 0 Å². The van der Waals surface area contributed by atoms with Crippen LogP contribution in [0.5, 0.6) is 0 Å². The lowest BCUT2D eigenvalue weighted by atomic mass is 10.2. The summed E-state index contributed by atoms with van der Waals surface area (Å²) in [5.74, 6) is 0.0263. The van der Waals surface area contributed by atoms with Crippen molar-refractivity contribution in [2.75, 3.05) is 0 Å². The summed E-state index contributed by atoms with van der Waals surface area (Å²) in [5.41, 5.74) is 7.59. The van der Waals surface area contributed by atoms with E-state index in [0.29, 0.717) is 6.42 Å². The molecule has 0 radical (unpaired) electrons. The summed E-state index contributed by atoms with van der Waals surface area (Å²) < 4.78 is 0. The van der Waals surface area contributed by atoms with E-state index < -0.39 is 0 Å². The van der Waals surface area contributed by atoms with E-state index >= 15 is 0 Å². The molecule has 0 saturated heterocycles. The van der Waals surface area contributed by atoms with E-state index in [-0.39, 0.29) is 5.91 Å². The zero-order valence-electron chi connectivity index (χ0n) is 8.63. The van der Waals surface area contributed by atoms with Gasteiger partial charge in [0.2, 0.25) is 5.91 Å². The fraction of sp³-hybridized carbons (Fsp3) is 0.364. The molecule has 0 atom stereocenters. The zero-order chi connectivity index (χ0) is 10.4. The Morgan fingerprint density at radius 2 is 1.93 bits per heavy atom. The summed E-state index contributed by atoms with van der Waals surface area (Å²) in [6, 6.07) is 0. The fourth-order valence-electron chi connectivity index (χ4n) is 1.15. The summed E-state index contributed by atoms with van der Waals surface area (Å²) >= 11 is 0. The molecule has 3 nitrogen and oxygen atoms in total. The van der Waals surface area contributed by atoms with Crippen LogP contribution in [0.15, 0.2) is 35.6 Å². The normalized spacial score (nSPS) is 13.1. The number of rotatable bonds is 4. The van der Waals surface area contributed by atoms with Crippen LogP contribution in [-0.4, -0.2) is 5.91 Å². The quantitative estimate of drug-likeness (QED) is 0.667. The Balaban J connectivity index is 2.38. The second-order valence-corrected chi connectivity index (χ2v) is 3.22. The van der Waals surface area contributed by atoms with E-state index in [0.717, 1.165) is 17.7 Å². The van der Waals surface area contributed by atoms with Crippen molar-refractivity contribution in [2.45, 2.75) is 26.7 Å². The Kier molecular flexibility index (Phi) is 3.98. The molecular weight excluding hydrogens is 176 g/mol. The predicted molar refractivity (Wildman–Crippen MR) is 57.2 cm³/mol. The van der Waals surface area contributed by atoms with Gasteiger partial charge in [0.05, 0.1) is 0 Å². The van der Waals surface area contributed by atoms with E-state index in [1.807, 2.05) is 38.2 Å². The first-order valence-electron chi connectivity index (χ1n) is 4.84. The number of amides is 1. The minimum atomic E-state index is 0.0263. The third-order valence-corrected chi connectivity index (χ3v) is 1.96. The maximum atomic E-state index is 11.1. The van der Waals surface area contributed by atoms with Gasteiger partial charge in [0.25, 0.3) is 0 Å². The van der Waals surface area contributed by atoms with Crippen LogP contribution in [-0.2, 0) is 4.79 Å². The molecule has 0 spiro atoms. The highest BCUT2D eigenvalue weighted by Crippen LogP contribution is 2.10. The minimum absolute atomic E-state index is 0.0263. The van der Waals surface area contributed by atoms with Crippen LogP contribution in [0, 0.1) is 0 Å². The van der Waals surface area contributed by atoms with Gasteiger partial charge in [-0.25, -0.2) is 0 Å². The first kappa shape index (κ1) is 10.6. The average Bonchev–Trinajstić information content (AvgIpc) is 2.67. The molecule has 0 fully saturated rings. The molecule has 0 bridgehead atoms. The van der Waals surface area contributed by atoms with Gasteiger partial charge in [-0.05, 0) is 18.9 Å². The van der Waals surface area contributed by atoms with Gasteiger partial charge in [-0.1, -0.05) is 31.2 Å². The molecular formula is C11H16N2O. The molecule has 0 aromatic heterocycles. The Hall–Kier alpha value is -1.51. The van der Waals surface area contributed by atoms with Gasteiger partial charge < -0.3 is 5.43 Å². The van der Waals surface area contributed by atoms with E-state index in [1.54, 1.807) is 0 Å². The van der Waals surface area contributed by atoms with Gasteiger partial charge in [-0.2, -0.15) is 0 Å². The number of carbonyl (C=O) groups is 1. The van der Waals surface area contributed by atoms with Crippen molar-refractivity contribution < 1.29 is 4.79 Å². The van der Waals surface area contributed by atoms with E-state index in [9.17, 15) is 4.79 Å². The highest BCUT2D eigenvalue weighted by atomic mass is 16.2. The van der Waals surface area contributed by atoms with Gasteiger partial charge >= 0.3 is 0 Å². The molecule has 0 unspecified atom stereocenters. The summed E-state index contributed by atoms with van der Waals surface area (Å²) in [5, 5.41) is 0. The zero-order valence-corrected chi connectivity index (χ0v) is 8.63. The molecule has 0 aliphatic heterocycles. The summed E-state index contributed by atoms with van der Waals surface area (Å²) in [7, 11) is 0. The standard InChI is InChI=1S/C11H16N2O/c1-3-6-11(14)13-12-9(2)10-7-4-5-8-10/h4-5,7-8,12H,3,6H2,1-2H3,(H,13,14). The van der Waals surface area contributed by atoms with Crippen LogP contribution in [0.4, 0.5) is 0 Å². The molecule has 0 heterocycles. The molecule has 76 valence electrons. The Morgan fingerprint density at radius 3 is 2.50 bits per heavy atom. The lowest BCUT2D eigenvalue weighted by molar-refractivity contribution is -0.121. The lowest BCUT2D eigenvalue weighted by Crippen LogP contribution is -2.36. The number of hydrogen-bond donors (Lipinski definition) is 2. The van der Waals surface area contributed by atoms with Gasteiger partial charge in [0.1, 0.15) is 0 Å². The molecule has 2 N–H and O–H groups in total. The number of allylic oxidation sites excluding steroid dienone is 6. The van der Waals surface area contributed by atoms with Crippen molar-refractivity contribution in [1.29, 1.82) is 0 Å². The SMILES string of the molecule is CCCC(=O)NNC(C)=C1C=CC=C1. The molecule has 1 aliphatic rings. The summed E-state index contributed by atoms with van der Waals surface area (Å²) in [4.78, 5) is 11.1. The largest absolute Gasteiger partial charge is 0.302 e. The summed E-state index contributed by atoms with van der Waals surface area (Å²) in [6.07, 6.45) is 9.34. The highest BCUT2D eigenvalue weighted by molar-refractivity contribution is 5.75. The van der Waals surface area contributed by atoms with Gasteiger partial charge in [-0.15, -0.1) is 0 Å². The summed E-state index contributed by atoms with van der Waals surface area (Å²) in [6.45, 7) is 3.91. The second kappa shape index (κ2) is 5.27. The van der Waals surface area contributed by atoms with Crippen molar-refractivity contribution in [2.24, 2.45) is 0 Å². The molecule has 0 saturated carbocycles.